The van der Waals surface area contributed by atoms with Gasteiger partial charge in [0, 0.05) is 42.9 Å². The average Bonchev–Trinajstić information content (AvgIpc) is 3.46. The van der Waals surface area contributed by atoms with Gasteiger partial charge in [0.2, 0.25) is 0 Å². The fourth-order valence-electron chi connectivity index (χ4n) is 4.35. The van der Waals surface area contributed by atoms with Crippen molar-refractivity contribution in [2.75, 3.05) is 5.32 Å². The first kappa shape index (κ1) is 20.6. The molecule has 1 saturated carbocycles. The molecule has 0 aromatic carbocycles. The summed E-state index contributed by atoms with van der Waals surface area (Å²) in [5, 5.41) is 4.21. The molecular weight excluding hydrogens is 434 g/mol. The minimum atomic E-state index is -2.61. The number of pyridine rings is 2. The number of nitrogens with one attached hydrogen (secondary N) is 2. The highest BCUT2D eigenvalue weighted by atomic mass is 32.1. The molecular formula is C22H21F2N6OS+. The van der Waals surface area contributed by atoms with Crippen LogP contribution >= 0.6 is 0 Å². The average molecular weight is 456 g/mol. The summed E-state index contributed by atoms with van der Waals surface area (Å²) < 4.78 is 29.1. The van der Waals surface area contributed by atoms with Crippen LogP contribution in [0.4, 0.5) is 14.6 Å². The Hall–Kier alpha value is -3.27. The van der Waals surface area contributed by atoms with E-state index in [-0.39, 0.29) is 23.7 Å². The highest BCUT2D eigenvalue weighted by molar-refractivity contribution is 7.44. The number of aromatic amines is 1. The van der Waals surface area contributed by atoms with E-state index >= 15 is 0 Å². The second kappa shape index (κ2) is 8.34. The van der Waals surface area contributed by atoms with Gasteiger partial charge in [0.15, 0.2) is 6.04 Å². The van der Waals surface area contributed by atoms with Gasteiger partial charge in [-0.1, -0.05) is 10.0 Å². The van der Waals surface area contributed by atoms with Crippen molar-refractivity contribution < 1.29 is 17.5 Å². The van der Waals surface area contributed by atoms with E-state index in [1.165, 1.54) is 10.1 Å². The summed E-state index contributed by atoms with van der Waals surface area (Å²) in [7, 11) is 0. The van der Waals surface area contributed by atoms with Crippen LogP contribution in [0.5, 0.6) is 0 Å². The van der Waals surface area contributed by atoms with Crippen molar-refractivity contribution in [3.63, 3.8) is 0 Å². The summed E-state index contributed by atoms with van der Waals surface area (Å²) in [5.41, 5.74) is 1.45. The number of H-pyrrole nitrogens is 1. The molecule has 1 aliphatic carbocycles. The fraction of sp³-hybridized carbons (Fsp3) is 0.318. The minimum Gasteiger partial charge on any atom is -0.368 e. The molecule has 10 heteroatoms. The predicted molar refractivity (Wildman–Crippen MR) is 118 cm³/mol. The van der Waals surface area contributed by atoms with Gasteiger partial charge in [-0.3, -0.25) is 4.40 Å². The van der Waals surface area contributed by atoms with Crippen LogP contribution in [-0.2, 0) is 12.4 Å². The summed E-state index contributed by atoms with van der Waals surface area (Å²) in [5.74, 6) is 0.536. The Bertz CT molecular complexity index is 1310. The monoisotopic (exact) mass is 455 g/mol. The maximum atomic E-state index is 13.0. The van der Waals surface area contributed by atoms with Crippen LogP contribution in [0.2, 0.25) is 0 Å². The maximum absolute atomic E-state index is 13.0. The Kier molecular flexibility index (Phi) is 5.38. The van der Waals surface area contributed by atoms with Crippen LogP contribution in [0.1, 0.15) is 48.2 Å². The summed E-state index contributed by atoms with van der Waals surface area (Å²) >= 11 is 5.51. The van der Waals surface area contributed by atoms with Crippen molar-refractivity contribution in [3.8, 4) is 0 Å². The van der Waals surface area contributed by atoms with E-state index in [1.54, 1.807) is 35.0 Å². The third-order valence-electron chi connectivity index (χ3n) is 6.01. The second-order valence-corrected chi connectivity index (χ2v) is 8.38. The van der Waals surface area contributed by atoms with E-state index in [9.17, 15) is 13.6 Å². The molecule has 0 saturated heterocycles. The minimum absolute atomic E-state index is 0.0350. The first-order valence-electron chi connectivity index (χ1n) is 10.5. The topological polar surface area (TPSA) is 78.1 Å². The lowest BCUT2D eigenvalue weighted by Gasteiger charge is -2.26. The van der Waals surface area contributed by atoms with Crippen LogP contribution in [0.3, 0.4) is 0 Å². The Morgan fingerprint density at radius 1 is 1.22 bits per heavy atom. The number of amides is 1. The molecule has 4 aromatic rings. The number of anilines is 1. The number of carbonyl (C=O) groups is 1. The summed E-state index contributed by atoms with van der Waals surface area (Å²) in [4.78, 5) is 24.2. The molecule has 0 spiro atoms. The van der Waals surface area contributed by atoms with Crippen molar-refractivity contribution in [3.05, 3.63) is 60.2 Å². The molecule has 0 radical (unpaired) electrons. The summed E-state index contributed by atoms with van der Waals surface area (Å²) in [6.07, 6.45) is 5.26. The molecule has 2 N–H and O–H groups in total. The zero-order valence-corrected chi connectivity index (χ0v) is 17.9. The number of nitrogens with zero attached hydrogens (tertiary/aromatic N) is 4. The summed E-state index contributed by atoms with van der Waals surface area (Å²) in [6.45, 7) is 0. The van der Waals surface area contributed by atoms with Crippen molar-refractivity contribution in [2.24, 2.45) is 0 Å². The van der Waals surface area contributed by atoms with Gasteiger partial charge in [-0.2, -0.15) is 0 Å². The van der Waals surface area contributed by atoms with Gasteiger partial charge >= 0.3 is 5.91 Å². The smallest absolute Gasteiger partial charge is 0.368 e. The standard InChI is InChI=1S/C22H20F2N6OS/c23-20(24)17-12-29-18(2-1-3-19(29)28-17)27-13-4-6-14(7-5-13)30(32)22(31)16-9-11-26-21-15(16)8-10-25-21/h1-3,8-14,20H,4-7H2,(H-,25,26,27,28,31)/p+1/t13-,14+. The zero-order chi connectivity index (χ0) is 22.2. The van der Waals surface area contributed by atoms with Crippen molar-refractivity contribution in [1.82, 2.24) is 19.4 Å². The second-order valence-electron chi connectivity index (χ2n) is 7.98. The number of imidazole rings is 1. The maximum Gasteiger partial charge on any atom is 0.434 e. The molecule has 5 rings (SSSR count). The third kappa shape index (κ3) is 3.75. The van der Waals surface area contributed by atoms with Crippen LogP contribution < -0.4 is 5.32 Å². The van der Waals surface area contributed by atoms with E-state index in [4.69, 9.17) is 12.4 Å². The Morgan fingerprint density at radius 3 is 2.81 bits per heavy atom. The van der Waals surface area contributed by atoms with Gasteiger partial charge in [0.05, 0.1) is 0 Å². The molecule has 164 valence electrons. The Balaban J connectivity index is 1.25. The molecule has 0 aliphatic heterocycles. The van der Waals surface area contributed by atoms with Crippen LogP contribution in [0, 0.1) is 0 Å². The predicted octanol–water partition coefficient (Wildman–Crippen LogP) is 4.45. The van der Waals surface area contributed by atoms with Crippen molar-refractivity contribution in [1.29, 1.82) is 0 Å². The number of aromatic nitrogens is 4. The quantitative estimate of drug-likeness (QED) is 0.435. The Morgan fingerprint density at radius 2 is 2.03 bits per heavy atom. The van der Waals surface area contributed by atoms with Gasteiger partial charge in [-0.15, -0.1) is 0 Å². The van der Waals surface area contributed by atoms with Crippen molar-refractivity contribution >= 4 is 40.8 Å². The molecule has 0 unspecified atom stereocenters. The first-order chi connectivity index (χ1) is 15.5. The lowest BCUT2D eigenvalue weighted by atomic mass is 9.91. The largest absolute Gasteiger partial charge is 0.434 e. The zero-order valence-electron chi connectivity index (χ0n) is 17.0. The van der Waals surface area contributed by atoms with E-state index in [1.807, 2.05) is 12.1 Å². The summed E-state index contributed by atoms with van der Waals surface area (Å²) in [6, 6.07) is 9.00. The lowest BCUT2D eigenvalue weighted by Crippen LogP contribution is -2.37. The number of alkyl halides is 2. The van der Waals surface area contributed by atoms with E-state index in [0.717, 1.165) is 36.9 Å². The van der Waals surface area contributed by atoms with Crippen LogP contribution in [-0.4, -0.2) is 41.3 Å². The molecule has 4 aromatic heterocycles. The van der Waals surface area contributed by atoms with Gasteiger partial charge in [0.1, 0.15) is 28.4 Å². The van der Waals surface area contributed by atoms with Gasteiger partial charge in [0.25, 0.3) is 18.9 Å². The van der Waals surface area contributed by atoms with Crippen molar-refractivity contribution in [2.45, 2.75) is 44.2 Å². The highest BCUT2D eigenvalue weighted by Crippen LogP contribution is 2.27. The Labute approximate surface area is 187 Å². The molecule has 0 bridgehead atoms. The SMILES string of the molecule is O=C(c1ccnc2[nH]ccc12)[N+](=S)[C@H]1CC[C@@H](Nc2cccc3nc(C(F)F)cn23)CC1. The molecule has 4 heterocycles. The lowest BCUT2D eigenvalue weighted by molar-refractivity contribution is -0.448. The molecule has 1 aliphatic rings. The van der Waals surface area contributed by atoms with Gasteiger partial charge in [-0.25, -0.2) is 23.5 Å². The number of halogens is 2. The van der Waals surface area contributed by atoms with E-state index < -0.39 is 6.43 Å². The van der Waals surface area contributed by atoms with Gasteiger partial charge in [-0.05, 0) is 37.1 Å². The number of carbonyl (C=O) groups excluding carboxylic acids is 1. The number of rotatable bonds is 5. The first-order valence-corrected chi connectivity index (χ1v) is 10.8. The molecule has 1 fully saturated rings. The van der Waals surface area contributed by atoms with E-state index in [0.29, 0.717) is 16.9 Å². The molecule has 0 atom stereocenters. The normalized spacial score (nSPS) is 19.0. The van der Waals surface area contributed by atoms with E-state index in [2.05, 4.69) is 20.3 Å². The van der Waals surface area contributed by atoms with Crippen LogP contribution in [0.15, 0.2) is 48.9 Å². The number of fused-ring (bicyclic) bond motifs is 2. The number of hydrogen-bond acceptors (Lipinski definition) is 5. The van der Waals surface area contributed by atoms with Crippen LogP contribution in [0.25, 0.3) is 16.7 Å². The van der Waals surface area contributed by atoms with Gasteiger partial charge < -0.3 is 10.3 Å². The molecule has 32 heavy (non-hydrogen) atoms. The third-order valence-corrected chi connectivity index (χ3v) is 6.47. The number of hydrogen-bond donors (Lipinski definition) is 2. The molecule has 7 nitrogen and oxygen atoms in total. The molecule has 1 amide bonds. The highest BCUT2D eigenvalue weighted by Gasteiger charge is 2.35. The fourth-order valence-corrected chi connectivity index (χ4v) is 4.66.